The Morgan fingerprint density at radius 3 is 1.71 bits per heavy atom. The van der Waals surface area contributed by atoms with Crippen molar-refractivity contribution < 1.29 is 0 Å². The molecule has 3 aliphatic rings. The first-order valence-electron chi connectivity index (χ1n) is 12.9. The number of aliphatic imine (C=N–C) groups is 1. The van der Waals surface area contributed by atoms with Gasteiger partial charge in [-0.05, 0) is 83.0 Å². The molecule has 4 aromatic carbocycles. The molecule has 0 saturated heterocycles. The van der Waals surface area contributed by atoms with E-state index in [1.807, 2.05) is 36.6 Å². The van der Waals surface area contributed by atoms with Gasteiger partial charge in [0.1, 0.15) is 5.54 Å². The van der Waals surface area contributed by atoms with Crippen LogP contribution in [0.4, 0.5) is 17.1 Å². The first kappa shape index (κ1) is 23.4. The standard InChI is InChI=1S/C18H13N.C18H15N/c1-4-10-18(19-12-5-1)11-6-9-16-15-8-3-2-7-14(15)13-17(16)18;1-4-10-16(11-5-1)19(17-12-6-2-7-13-17)18-14-8-3-9-15-18/h1-13H;1-15H. The number of nitrogens with zero attached hydrogens (tertiary/aromatic N) is 2. The van der Waals surface area contributed by atoms with E-state index in [-0.39, 0.29) is 5.54 Å². The van der Waals surface area contributed by atoms with Crippen LogP contribution in [-0.2, 0) is 0 Å². The largest absolute Gasteiger partial charge is 0.311 e. The third-order valence-electron chi connectivity index (χ3n) is 6.88. The lowest BCUT2D eigenvalue weighted by molar-refractivity contribution is 0.804. The van der Waals surface area contributed by atoms with Crippen LogP contribution in [0.15, 0.2) is 168 Å². The van der Waals surface area contributed by atoms with E-state index in [0.717, 1.165) is 0 Å². The lowest BCUT2D eigenvalue weighted by Crippen LogP contribution is -2.25. The van der Waals surface area contributed by atoms with Crippen molar-refractivity contribution in [3.63, 3.8) is 0 Å². The van der Waals surface area contributed by atoms with Crippen LogP contribution in [0.5, 0.6) is 0 Å². The van der Waals surface area contributed by atoms with Gasteiger partial charge in [-0.3, -0.25) is 4.99 Å². The predicted octanol–water partition coefficient (Wildman–Crippen LogP) is 9.13. The van der Waals surface area contributed by atoms with Crippen molar-refractivity contribution in [3.8, 4) is 0 Å². The molecule has 2 nitrogen and oxygen atoms in total. The van der Waals surface area contributed by atoms with Crippen molar-refractivity contribution in [1.82, 2.24) is 0 Å². The van der Waals surface area contributed by atoms with Gasteiger partial charge in [-0.15, -0.1) is 0 Å². The van der Waals surface area contributed by atoms with Crippen molar-refractivity contribution in [3.05, 3.63) is 174 Å². The maximum absolute atomic E-state index is 4.75. The minimum atomic E-state index is -0.341. The number of allylic oxidation sites excluding steroid dienone is 5. The minimum absolute atomic E-state index is 0.341. The van der Waals surface area contributed by atoms with E-state index in [9.17, 15) is 0 Å². The van der Waals surface area contributed by atoms with Crippen LogP contribution >= 0.6 is 0 Å². The van der Waals surface area contributed by atoms with E-state index in [1.54, 1.807) is 0 Å². The topological polar surface area (TPSA) is 15.6 Å². The number of benzene rings is 4. The summed E-state index contributed by atoms with van der Waals surface area (Å²) in [5.41, 5.74) is 8.32. The van der Waals surface area contributed by atoms with Crippen molar-refractivity contribution in [2.24, 2.45) is 4.99 Å². The molecule has 4 aromatic rings. The number of hydrogen-bond acceptors (Lipinski definition) is 2. The summed E-state index contributed by atoms with van der Waals surface area (Å²) in [4.78, 5) is 7.00. The Bertz CT molecular complexity index is 1480. The van der Waals surface area contributed by atoms with Gasteiger partial charge >= 0.3 is 0 Å². The van der Waals surface area contributed by atoms with Gasteiger partial charge in [0.2, 0.25) is 0 Å². The van der Waals surface area contributed by atoms with Gasteiger partial charge in [0.15, 0.2) is 0 Å². The number of fused-ring (bicyclic) bond motifs is 4. The van der Waals surface area contributed by atoms with Crippen LogP contribution in [0, 0.1) is 0 Å². The highest BCUT2D eigenvalue weighted by Gasteiger charge is 2.35. The molecule has 1 heterocycles. The summed E-state index contributed by atoms with van der Waals surface area (Å²) in [6.45, 7) is 0. The highest BCUT2D eigenvalue weighted by molar-refractivity contribution is 5.99. The van der Waals surface area contributed by atoms with Gasteiger partial charge in [-0.1, -0.05) is 103 Å². The van der Waals surface area contributed by atoms with E-state index >= 15 is 0 Å². The lowest BCUT2D eigenvalue weighted by atomic mass is 9.81. The Morgan fingerprint density at radius 2 is 1.08 bits per heavy atom. The molecule has 0 fully saturated rings. The van der Waals surface area contributed by atoms with E-state index < -0.39 is 0 Å². The first-order valence-corrected chi connectivity index (χ1v) is 12.9. The second-order valence-corrected chi connectivity index (χ2v) is 9.27. The molecule has 7 rings (SSSR count). The molecular weight excluding hydrogens is 460 g/mol. The van der Waals surface area contributed by atoms with E-state index in [4.69, 9.17) is 4.99 Å². The van der Waals surface area contributed by atoms with Crippen molar-refractivity contribution in [1.29, 1.82) is 0 Å². The van der Waals surface area contributed by atoms with E-state index in [0.29, 0.717) is 0 Å². The quantitative estimate of drug-likeness (QED) is 0.281. The molecule has 0 saturated carbocycles. The molecule has 182 valence electrons. The molecule has 0 aromatic heterocycles. The fourth-order valence-electron chi connectivity index (χ4n) is 5.10. The third kappa shape index (κ3) is 4.60. The first-order chi connectivity index (χ1) is 18.8. The summed E-state index contributed by atoms with van der Waals surface area (Å²) >= 11 is 0. The third-order valence-corrected chi connectivity index (χ3v) is 6.88. The highest BCUT2D eigenvalue weighted by atomic mass is 15.1. The van der Waals surface area contributed by atoms with Gasteiger partial charge in [-0.2, -0.15) is 0 Å². The molecule has 1 atom stereocenters. The van der Waals surface area contributed by atoms with Crippen LogP contribution in [0.25, 0.3) is 11.6 Å². The lowest BCUT2D eigenvalue weighted by Gasteiger charge is -2.28. The maximum Gasteiger partial charge on any atom is 0.123 e. The van der Waals surface area contributed by atoms with Gasteiger partial charge < -0.3 is 4.90 Å². The minimum Gasteiger partial charge on any atom is -0.311 e. The Labute approximate surface area is 224 Å². The molecular formula is C36H28N2. The van der Waals surface area contributed by atoms with Crippen LogP contribution in [0.3, 0.4) is 0 Å². The van der Waals surface area contributed by atoms with Crippen molar-refractivity contribution >= 4 is 34.9 Å². The zero-order valence-electron chi connectivity index (χ0n) is 21.1. The summed E-state index contributed by atoms with van der Waals surface area (Å²) in [6, 6.07) is 39.8. The predicted molar refractivity (Wildman–Crippen MR) is 162 cm³/mol. The average molecular weight is 489 g/mol. The molecule has 1 unspecified atom stereocenters. The Morgan fingerprint density at radius 1 is 0.526 bits per heavy atom. The number of rotatable bonds is 3. The molecule has 0 N–H and O–H groups in total. The van der Waals surface area contributed by atoms with Crippen LogP contribution in [-0.4, -0.2) is 11.8 Å². The summed E-state index contributed by atoms with van der Waals surface area (Å²) in [5.74, 6) is 0. The van der Waals surface area contributed by atoms with Gasteiger partial charge in [0.25, 0.3) is 0 Å². The fraction of sp³-hybridized carbons (Fsp3) is 0.0278. The molecule has 0 bridgehead atoms. The molecule has 0 radical (unpaired) electrons. The van der Waals surface area contributed by atoms with Crippen molar-refractivity contribution in [2.75, 3.05) is 4.90 Å². The number of anilines is 3. The smallest absolute Gasteiger partial charge is 0.123 e. The van der Waals surface area contributed by atoms with E-state index in [1.165, 1.54) is 39.3 Å². The van der Waals surface area contributed by atoms with Gasteiger partial charge in [-0.25, -0.2) is 0 Å². The van der Waals surface area contributed by atoms with Gasteiger partial charge in [0.05, 0.1) is 0 Å². The van der Waals surface area contributed by atoms with Gasteiger partial charge in [0, 0.05) is 23.3 Å². The zero-order chi connectivity index (χ0) is 25.6. The molecule has 2 heteroatoms. The second kappa shape index (κ2) is 10.6. The van der Waals surface area contributed by atoms with Crippen LogP contribution in [0.2, 0.25) is 0 Å². The monoisotopic (exact) mass is 488 g/mol. The van der Waals surface area contributed by atoms with Crippen LogP contribution in [0.1, 0.15) is 11.1 Å². The Kier molecular flexibility index (Phi) is 6.53. The number of para-hydroxylation sites is 3. The molecule has 38 heavy (non-hydrogen) atoms. The Hall–Kier alpha value is -4.95. The van der Waals surface area contributed by atoms with Crippen molar-refractivity contribution in [2.45, 2.75) is 5.54 Å². The van der Waals surface area contributed by atoms with E-state index in [2.05, 4.69) is 138 Å². The Balaban J connectivity index is 0.000000139. The zero-order valence-corrected chi connectivity index (χ0v) is 21.1. The summed E-state index contributed by atoms with van der Waals surface area (Å²) in [6.07, 6.45) is 18.8. The normalized spacial score (nSPS) is 18.0. The number of hydrogen-bond donors (Lipinski definition) is 0. The average Bonchev–Trinajstić information content (AvgIpc) is 3.22. The van der Waals surface area contributed by atoms with Crippen LogP contribution < -0.4 is 4.90 Å². The second-order valence-electron chi connectivity index (χ2n) is 9.27. The fourth-order valence-corrected chi connectivity index (χ4v) is 5.10. The summed E-state index contributed by atoms with van der Waals surface area (Å²) < 4.78 is 0. The molecule has 1 aliphatic heterocycles. The summed E-state index contributed by atoms with van der Waals surface area (Å²) in [7, 11) is 0. The summed E-state index contributed by atoms with van der Waals surface area (Å²) in [5, 5.41) is 0. The maximum atomic E-state index is 4.75. The molecule has 0 amide bonds. The highest BCUT2D eigenvalue weighted by Crippen LogP contribution is 2.46. The molecule has 1 spiro atoms. The molecule has 2 aliphatic carbocycles. The SMILES string of the molecule is C1=CC=NC2(C=C1)C=CC=C1C2=Cc2ccccc21.c1ccc(N(c2ccccc2)c2ccccc2)cc1.